The zero-order valence-electron chi connectivity index (χ0n) is 9.73. The van der Waals surface area contributed by atoms with E-state index in [1.54, 1.807) is 18.7 Å². The van der Waals surface area contributed by atoms with Crippen molar-refractivity contribution in [1.82, 2.24) is 0 Å². The smallest absolute Gasteiger partial charge is 0.0772 e. The van der Waals surface area contributed by atoms with E-state index in [9.17, 15) is 5.11 Å². The van der Waals surface area contributed by atoms with Crippen LogP contribution in [0.5, 0.6) is 0 Å². The van der Waals surface area contributed by atoms with Gasteiger partial charge in [0, 0.05) is 18.7 Å². The van der Waals surface area contributed by atoms with Gasteiger partial charge in [0.15, 0.2) is 0 Å². The fourth-order valence-corrected chi connectivity index (χ4v) is 3.53. The number of rotatable bonds is 3. The van der Waals surface area contributed by atoms with Crippen LogP contribution >= 0.6 is 43.6 Å². The van der Waals surface area contributed by atoms with E-state index < -0.39 is 6.10 Å². The molecule has 0 aliphatic heterocycles. The van der Waals surface area contributed by atoms with Gasteiger partial charge in [0.2, 0.25) is 0 Å². The zero-order valence-corrected chi connectivity index (χ0v) is 13.7. The van der Waals surface area contributed by atoms with Crippen LogP contribution in [0, 0.1) is 0 Å². The summed E-state index contributed by atoms with van der Waals surface area (Å²) in [6.45, 7) is 1.77. The molecule has 0 saturated carbocycles. The molecule has 1 N–H and O–H groups in total. The van der Waals surface area contributed by atoms with Crippen LogP contribution in [0.15, 0.2) is 61.2 Å². The molecule has 0 aliphatic carbocycles. The Hall–Kier alpha value is -0.290. The van der Waals surface area contributed by atoms with Crippen molar-refractivity contribution in [2.75, 3.05) is 0 Å². The van der Waals surface area contributed by atoms with E-state index in [-0.39, 0.29) is 0 Å². The fourth-order valence-electron chi connectivity index (χ4n) is 1.55. The van der Waals surface area contributed by atoms with Crippen LogP contribution < -0.4 is 0 Å². The lowest BCUT2D eigenvalue weighted by atomic mass is 10.1. The standard InChI is InChI=1S/C14H12Br2OS/c1-9(17)13-7-6-12(8-14(13)16)18-11-4-2-10(15)3-5-11/h2-9,17H,1H3/t9-/m1/s1. The molecular weight excluding hydrogens is 376 g/mol. The summed E-state index contributed by atoms with van der Waals surface area (Å²) in [5.41, 5.74) is 0.912. The molecule has 0 fully saturated rings. The SMILES string of the molecule is C[C@@H](O)c1ccc(Sc2ccc(Br)cc2)cc1Br. The normalized spacial score (nSPS) is 12.4. The monoisotopic (exact) mass is 386 g/mol. The molecule has 0 aromatic heterocycles. The van der Waals surface area contributed by atoms with Gasteiger partial charge in [-0.15, -0.1) is 0 Å². The van der Waals surface area contributed by atoms with Gasteiger partial charge < -0.3 is 5.11 Å². The number of hydrogen-bond acceptors (Lipinski definition) is 2. The molecule has 1 nitrogen and oxygen atoms in total. The second-order valence-corrected chi connectivity index (χ2v) is 6.83. The van der Waals surface area contributed by atoms with E-state index in [1.807, 2.05) is 30.3 Å². The van der Waals surface area contributed by atoms with Crippen molar-refractivity contribution in [3.05, 3.63) is 57.0 Å². The van der Waals surface area contributed by atoms with E-state index >= 15 is 0 Å². The summed E-state index contributed by atoms with van der Waals surface area (Å²) >= 11 is 8.61. The Kier molecular flexibility index (Phi) is 4.90. The second kappa shape index (κ2) is 6.24. The summed E-state index contributed by atoms with van der Waals surface area (Å²) in [4.78, 5) is 2.34. The highest BCUT2D eigenvalue weighted by Crippen LogP contribution is 2.33. The number of benzene rings is 2. The Morgan fingerprint density at radius 2 is 1.61 bits per heavy atom. The Morgan fingerprint density at radius 1 is 1.00 bits per heavy atom. The molecule has 0 heterocycles. The number of aliphatic hydroxyl groups is 1. The molecule has 0 aliphatic rings. The highest BCUT2D eigenvalue weighted by molar-refractivity contribution is 9.10. The third kappa shape index (κ3) is 3.60. The predicted molar refractivity (Wildman–Crippen MR) is 83.0 cm³/mol. The molecular formula is C14H12Br2OS. The minimum Gasteiger partial charge on any atom is -0.389 e. The zero-order chi connectivity index (χ0) is 13.1. The molecule has 2 aromatic carbocycles. The molecule has 0 amide bonds. The van der Waals surface area contributed by atoms with Crippen LogP contribution in [0.4, 0.5) is 0 Å². The molecule has 0 bridgehead atoms. The van der Waals surface area contributed by atoms with Crippen molar-refractivity contribution < 1.29 is 5.11 Å². The van der Waals surface area contributed by atoms with Gasteiger partial charge >= 0.3 is 0 Å². The first-order chi connectivity index (χ1) is 8.56. The average Bonchev–Trinajstić information content (AvgIpc) is 2.32. The summed E-state index contributed by atoms with van der Waals surface area (Å²) in [6, 6.07) is 14.2. The van der Waals surface area contributed by atoms with Gasteiger partial charge in [-0.3, -0.25) is 0 Å². The molecule has 0 saturated heterocycles. The molecule has 0 unspecified atom stereocenters. The van der Waals surface area contributed by atoms with Gasteiger partial charge in [-0.2, -0.15) is 0 Å². The van der Waals surface area contributed by atoms with Crippen molar-refractivity contribution in [2.24, 2.45) is 0 Å². The fraction of sp³-hybridized carbons (Fsp3) is 0.143. The van der Waals surface area contributed by atoms with Crippen molar-refractivity contribution in [3.63, 3.8) is 0 Å². The highest BCUT2D eigenvalue weighted by atomic mass is 79.9. The third-order valence-corrected chi connectivity index (χ3v) is 4.68. The van der Waals surface area contributed by atoms with Crippen molar-refractivity contribution in [1.29, 1.82) is 0 Å². The predicted octanol–water partition coefficient (Wildman–Crippen LogP) is 5.42. The van der Waals surface area contributed by atoms with Gasteiger partial charge in [0.1, 0.15) is 0 Å². The summed E-state index contributed by atoms with van der Waals surface area (Å²) in [5, 5.41) is 9.57. The Labute approximate surface area is 128 Å². The van der Waals surface area contributed by atoms with E-state index in [0.29, 0.717) is 0 Å². The first-order valence-corrected chi connectivity index (χ1v) is 7.87. The van der Waals surface area contributed by atoms with Crippen LogP contribution in [0.25, 0.3) is 0 Å². The third-order valence-electron chi connectivity index (χ3n) is 2.47. The van der Waals surface area contributed by atoms with Gasteiger partial charge in [0.05, 0.1) is 6.10 Å². The molecule has 4 heteroatoms. The first kappa shape index (κ1) is 14.1. The lowest BCUT2D eigenvalue weighted by Crippen LogP contribution is -1.92. The molecule has 0 spiro atoms. The van der Waals surface area contributed by atoms with E-state index in [2.05, 4.69) is 44.0 Å². The van der Waals surface area contributed by atoms with Crippen molar-refractivity contribution >= 4 is 43.6 Å². The van der Waals surface area contributed by atoms with Crippen molar-refractivity contribution in [2.45, 2.75) is 22.8 Å². The average molecular weight is 388 g/mol. The van der Waals surface area contributed by atoms with E-state index in [1.165, 1.54) is 4.90 Å². The molecule has 2 aromatic rings. The Morgan fingerprint density at radius 3 is 2.17 bits per heavy atom. The summed E-state index contributed by atoms with van der Waals surface area (Å²) < 4.78 is 2.03. The molecule has 94 valence electrons. The topological polar surface area (TPSA) is 20.2 Å². The molecule has 1 atom stereocenters. The van der Waals surface area contributed by atoms with Crippen LogP contribution in [-0.4, -0.2) is 5.11 Å². The van der Waals surface area contributed by atoms with E-state index in [4.69, 9.17) is 0 Å². The van der Waals surface area contributed by atoms with Crippen LogP contribution in [-0.2, 0) is 0 Å². The van der Waals surface area contributed by atoms with Crippen LogP contribution in [0.3, 0.4) is 0 Å². The highest BCUT2D eigenvalue weighted by Gasteiger charge is 2.07. The molecule has 2 rings (SSSR count). The summed E-state index contributed by atoms with van der Waals surface area (Å²) in [7, 11) is 0. The van der Waals surface area contributed by atoms with Crippen LogP contribution in [0.1, 0.15) is 18.6 Å². The maximum atomic E-state index is 9.57. The number of hydrogen-bond donors (Lipinski definition) is 1. The lowest BCUT2D eigenvalue weighted by molar-refractivity contribution is 0.198. The quantitative estimate of drug-likeness (QED) is 0.758. The maximum Gasteiger partial charge on any atom is 0.0772 e. The largest absolute Gasteiger partial charge is 0.389 e. The summed E-state index contributed by atoms with van der Waals surface area (Å²) in [5.74, 6) is 0. The Bertz CT molecular complexity index is 538. The Balaban J connectivity index is 2.20. The minimum absolute atomic E-state index is 0.453. The van der Waals surface area contributed by atoms with Gasteiger partial charge in [-0.25, -0.2) is 0 Å². The second-order valence-electron chi connectivity index (χ2n) is 3.92. The van der Waals surface area contributed by atoms with Crippen LogP contribution in [0.2, 0.25) is 0 Å². The van der Waals surface area contributed by atoms with E-state index in [0.717, 1.165) is 19.4 Å². The first-order valence-electron chi connectivity index (χ1n) is 5.47. The van der Waals surface area contributed by atoms with Gasteiger partial charge in [-0.1, -0.05) is 49.7 Å². The van der Waals surface area contributed by atoms with Crippen molar-refractivity contribution in [3.8, 4) is 0 Å². The minimum atomic E-state index is -0.453. The van der Waals surface area contributed by atoms with Gasteiger partial charge in [-0.05, 0) is 48.9 Å². The molecule has 0 radical (unpaired) electrons. The molecule has 18 heavy (non-hydrogen) atoms. The maximum absolute atomic E-state index is 9.57. The summed E-state index contributed by atoms with van der Waals surface area (Å²) in [6.07, 6.45) is -0.453. The number of aliphatic hydroxyl groups excluding tert-OH is 1. The number of halogens is 2. The van der Waals surface area contributed by atoms with Gasteiger partial charge in [0.25, 0.3) is 0 Å². The lowest BCUT2D eigenvalue weighted by Gasteiger charge is -2.09.